The molecule has 5 heterocycles. The molecule has 1 saturated carbocycles. The number of pyridine rings is 1. The number of carbonyl (C=O) groups is 3. The van der Waals surface area contributed by atoms with E-state index in [0.717, 1.165) is 81.8 Å². The van der Waals surface area contributed by atoms with E-state index in [1.54, 1.807) is 11.6 Å². The fourth-order valence-electron chi connectivity index (χ4n) is 9.17. The maximum atomic E-state index is 16.0. The Hall–Kier alpha value is -5.85. The summed E-state index contributed by atoms with van der Waals surface area (Å²) in [5, 5.41) is 8.75. The summed E-state index contributed by atoms with van der Waals surface area (Å²) in [5.74, 6) is -3.80. The van der Waals surface area contributed by atoms with Crippen LogP contribution < -0.4 is 26.0 Å². The number of imidazole rings is 1. The Morgan fingerprint density at radius 1 is 1.00 bits per heavy atom. The highest BCUT2D eigenvalue weighted by molar-refractivity contribution is 6.05. The molecule has 1 aliphatic carbocycles. The number of piperidine rings is 2. The molecule has 2 aliphatic heterocycles. The molecule has 1 unspecified atom stereocenters. The van der Waals surface area contributed by atoms with Gasteiger partial charge in [0.1, 0.15) is 22.9 Å². The fraction of sp³-hybridized carbons (Fsp3) is 0.463. The quantitative estimate of drug-likeness (QED) is 0.136. The van der Waals surface area contributed by atoms with Gasteiger partial charge in [-0.1, -0.05) is 12.1 Å². The number of para-hydroxylation sites is 1. The number of hydrogen-bond acceptors (Lipinski definition) is 9. The molecule has 5 aromatic rings. The number of aryl methyl sites for hydroxylation is 1. The van der Waals surface area contributed by atoms with E-state index in [1.807, 2.05) is 18.2 Å². The molecule has 1 atom stereocenters. The highest BCUT2D eigenvalue weighted by atomic mass is 19.4. The van der Waals surface area contributed by atoms with Crippen molar-refractivity contribution in [2.24, 2.45) is 13.0 Å². The minimum atomic E-state index is -4.79. The van der Waals surface area contributed by atoms with Gasteiger partial charge in [-0.15, -0.1) is 0 Å². The molecule has 3 aromatic heterocycles. The predicted octanol–water partition coefficient (Wildman–Crippen LogP) is 5.95. The summed E-state index contributed by atoms with van der Waals surface area (Å²) in [7, 11) is 4.97. The van der Waals surface area contributed by atoms with Gasteiger partial charge in [0.15, 0.2) is 11.6 Å². The van der Waals surface area contributed by atoms with Crippen LogP contribution in [0.15, 0.2) is 47.3 Å². The van der Waals surface area contributed by atoms with Gasteiger partial charge in [-0.25, -0.2) is 18.9 Å². The third kappa shape index (κ3) is 7.47. The van der Waals surface area contributed by atoms with E-state index in [4.69, 9.17) is 4.74 Å². The molecule has 60 heavy (non-hydrogen) atoms. The molecule has 3 fully saturated rings. The van der Waals surface area contributed by atoms with Gasteiger partial charge in [-0.2, -0.15) is 22.7 Å². The van der Waals surface area contributed by atoms with Crippen LogP contribution >= 0.6 is 0 Å². The molecule has 14 nitrogen and oxygen atoms in total. The highest BCUT2D eigenvalue weighted by Gasteiger charge is 2.35. The Balaban J connectivity index is 0.894. The van der Waals surface area contributed by atoms with Crippen LogP contribution in [-0.2, 0) is 22.8 Å². The van der Waals surface area contributed by atoms with Gasteiger partial charge in [-0.3, -0.25) is 28.8 Å². The van der Waals surface area contributed by atoms with Crippen molar-refractivity contribution < 1.29 is 41.1 Å². The molecule has 3 aliphatic rings. The summed E-state index contributed by atoms with van der Waals surface area (Å²) in [6.07, 6.45) is 0.224. The number of imide groups is 1. The number of methoxy groups -OCH3 is 1. The van der Waals surface area contributed by atoms with E-state index in [1.165, 1.54) is 9.25 Å². The smallest absolute Gasteiger partial charge is 0.433 e. The lowest BCUT2D eigenvalue weighted by Crippen LogP contribution is -2.45. The lowest BCUT2D eigenvalue weighted by molar-refractivity contribution is -0.141. The lowest BCUT2D eigenvalue weighted by atomic mass is 9.85. The van der Waals surface area contributed by atoms with Gasteiger partial charge in [0.2, 0.25) is 17.8 Å². The SMILES string of the molecule is COc1c(NC(=O)c2cccc(C(F)(F)F)n2)cc2c(F)n(C3CCC(CN(C)C4CCN(c5cccc6c5n(C)c(=O)n6C5CCC(=O)NC5=O)CC4)CC3)nc2c1F. The Kier molecular flexibility index (Phi) is 10.9. The summed E-state index contributed by atoms with van der Waals surface area (Å²) in [6, 6.07) is 8.91. The number of nitrogens with zero attached hydrogens (tertiary/aromatic N) is 7. The number of carbonyl (C=O) groups excluding carboxylic acids is 3. The van der Waals surface area contributed by atoms with Gasteiger partial charge in [0, 0.05) is 39.1 Å². The van der Waals surface area contributed by atoms with Crippen LogP contribution in [0.3, 0.4) is 0 Å². The largest absolute Gasteiger partial charge is 0.491 e. The average molecular weight is 838 g/mol. The summed E-state index contributed by atoms with van der Waals surface area (Å²) in [6.45, 7) is 2.37. The first-order chi connectivity index (χ1) is 28.6. The number of ether oxygens (including phenoxy) is 1. The Morgan fingerprint density at radius 3 is 2.40 bits per heavy atom. The number of amides is 3. The lowest BCUT2D eigenvalue weighted by Gasteiger charge is -2.40. The van der Waals surface area contributed by atoms with E-state index in [-0.39, 0.29) is 47.1 Å². The molecule has 2 N–H and O–H groups in total. The number of rotatable bonds is 9. The number of nitrogens with one attached hydrogen (secondary N) is 2. The molecule has 0 spiro atoms. The van der Waals surface area contributed by atoms with Gasteiger partial charge >= 0.3 is 11.9 Å². The van der Waals surface area contributed by atoms with Gasteiger partial charge in [0.25, 0.3) is 5.91 Å². The maximum absolute atomic E-state index is 16.0. The van der Waals surface area contributed by atoms with E-state index >= 15 is 8.78 Å². The average Bonchev–Trinajstić information content (AvgIpc) is 3.69. The minimum absolute atomic E-state index is 0.169. The van der Waals surface area contributed by atoms with Crippen molar-refractivity contribution in [2.45, 2.75) is 75.7 Å². The van der Waals surface area contributed by atoms with Crippen LogP contribution in [0.4, 0.5) is 33.3 Å². The number of halogens is 5. The Bertz CT molecular complexity index is 2550. The molecule has 0 radical (unpaired) electrons. The van der Waals surface area contributed by atoms with E-state index < -0.39 is 52.9 Å². The van der Waals surface area contributed by atoms with Crippen LogP contribution in [0.5, 0.6) is 5.75 Å². The monoisotopic (exact) mass is 837 g/mol. The molecular weight excluding hydrogens is 793 g/mol. The number of alkyl halides is 3. The molecule has 318 valence electrons. The molecule has 19 heteroatoms. The van der Waals surface area contributed by atoms with E-state index in [0.29, 0.717) is 36.4 Å². The highest BCUT2D eigenvalue weighted by Crippen LogP contribution is 2.40. The maximum Gasteiger partial charge on any atom is 0.433 e. The number of aromatic nitrogens is 5. The van der Waals surface area contributed by atoms with Crippen LogP contribution in [0.2, 0.25) is 0 Å². The second kappa shape index (κ2) is 16.0. The van der Waals surface area contributed by atoms with Crippen molar-refractivity contribution in [3.8, 4) is 5.75 Å². The van der Waals surface area contributed by atoms with Crippen molar-refractivity contribution in [1.82, 2.24) is 34.1 Å². The Morgan fingerprint density at radius 2 is 1.72 bits per heavy atom. The fourth-order valence-corrected chi connectivity index (χ4v) is 9.17. The second-order valence-electron chi connectivity index (χ2n) is 15.9. The van der Waals surface area contributed by atoms with Crippen molar-refractivity contribution >= 4 is 51.0 Å². The third-order valence-corrected chi connectivity index (χ3v) is 12.3. The van der Waals surface area contributed by atoms with Crippen LogP contribution in [0, 0.1) is 17.7 Å². The molecule has 2 saturated heterocycles. The second-order valence-corrected chi connectivity index (χ2v) is 15.9. The first-order valence-corrected chi connectivity index (χ1v) is 19.9. The predicted molar refractivity (Wildman–Crippen MR) is 211 cm³/mol. The van der Waals surface area contributed by atoms with Crippen molar-refractivity contribution in [3.63, 3.8) is 0 Å². The summed E-state index contributed by atoms with van der Waals surface area (Å²) in [4.78, 5) is 58.8. The third-order valence-electron chi connectivity index (χ3n) is 12.3. The summed E-state index contributed by atoms with van der Waals surface area (Å²) >= 11 is 0. The topological polar surface area (TPSA) is 149 Å². The van der Waals surface area contributed by atoms with Gasteiger partial charge in [-0.05, 0) is 88.2 Å². The van der Waals surface area contributed by atoms with Crippen molar-refractivity contribution in [2.75, 3.05) is 44.0 Å². The van der Waals surface area contributed by atoms with Crippen LogP contribution in [0.1, 0.15) is 79.6 Å². The van der Waals surface area contributed by atoms with Crippen molar-refractivity contribution in [1.29, 1.82) is 0 Å². The van der Waals surface area contributed by atoms with E-state index in [9.17, 15) is 32.3 Å². The van der Waals surface area contributed by atoms with Crippen LogP contribution in [-0.4, -0.2) is 86.4 Å². The molecular formula is C41H44F5N9O5. The Labute approximate surface area is 340 Å². The van der Waals surface area contributed by atoms with Crippen molar-refractivity contribution in [3.05, 3.63) is 76.1 Å². The summed E-state index contributed by atoms with van der Waals surface area (Å²) in [5.41, 5.74) is -0.407. The number of anilines is 2. The normalized spacial score (nSPS) is 20.6. The first kappa shape index (κ1) is 40.9. The van der Waals surface area contributed by atoms with Gasteiger partial charge < -0.3 is 19.9 Å². The number of hydrogen-bond donors (Lipinski definition) is 2. The molecule has 8 rings (SSSR count). The first-order valence-electron chi connectivity index (χ1n) is 19.9. The summed E-state index contributed by atoms with van der Waals surface area (Å²) < 4.78 is 80.7. The van der Waals surface area contributed by atoms with Crippen LogP contribution in [0.25, 0.3) is 21.9 Å². The zero-order valence-electron chi connectivity index (χ0n) is 33.2. The number of fused-ring (bicyclic) bond motifs is 2. The van der Waals surface area contributed by atoms with Gasteiger partial charge in [0.05, 0.1) is 40.9 Å². The number of benzene rings is 2. The minimum Gasteiger partial charge on any atom is -0.491 e. The molecule has 2 aromatic carbocycles. The van der Waals surface area contributed by atoms with E-state index in [2.05, 4.69) is 37.6 Å². The molecule has 3 amide bonds. The zero-order valence-corrected chi connectivity index (χ0v) is 33.2. The zero-order chi connectivity index (χ0) is 42.6. The standard InChI is InChI=1S/C41H44F5N9O5/c1-51(23-16-18-53(19-17-23)28-7-5-8-29-35(28)52(2)40(59)54(29)30-14-15-32(56)49-39(30)58)21-22-10-12-24(13-11-22)55-37(43)25-20-27(36(60-3)33(42)34(25)50-55)48-38(57)26-6-4-9-31(47-26)41(44,45)46/h4-9,20,22-24,30H,10-19,21H2,1-3H3,(H,48,57)(H,49,56,58). The molecule has 0 bridgehead atoms.